The van der Waals surface area contributed by atoms with E-state index in [1.807, 2.05) is 23.1 Å². The van der Waals surface area contributed by atoms with Crippen LogP contribution in [0.2, 0.25) is 0 Å². The van der Waals surface area contributed by atoms with Crippen molar-refractivity contribution in [2.75, 3.05) is 58.4 Å². The van der Waals surface area contributed by atoms with E-state index in [0.717, 1.165) is 30.9 Å². The molecule has 0 bridgehead atoms. The zero-order valence-electron chi connectivity index (χ0n) is 17.9. The van der Waals surface area contributed by atoms with Crippen molar-refractivity contribution in [1.82, 2.24) is 9.80 Å². The smallest absolute Gasteiger partial charge is 0.236 e. The van der Waals surface area contributed by atoms with Crippen molar-refractivity contribution in [3.05, 3.63) is 53.8 Å². The Labute approximate surface area is 177 Å². The Balaban J connectivity index is 1.53. The van der Waals surface area contributed by atoms with Gasteiger partial charge in [-0.25, -0.2) is 4.39 Å². The van der Waals surface area contributed by atoms with E-state index in [4.69, 9.17) is 9.47 Å². The van der Waals surface area contributed by atoms with Crippen LogP contribution in [0.3, 0.4) is 0 Å². The van der Waals surface area contributed by atoms with Crippen LogP contribution in [-0.2, 0) is 11.3 Å². The second-order valence-corrected chi connectivity index (χ2v) is 7.34. The summed E-state index contributed by atoms with van der Waals surface area (Å²) in [7, 11) is 3.23. The lowest BCUT2D eigenvalue weighted by atomic mass is 10.2. The molecule has 3 rings (SSSR count). The van der Waals surface area contributed by atoms with Gasteiger partial charge in [0.2, 0.25) is 5.91 Å². The van der Waals surface area contributed by atoms with Crippen molar-refractivity contribution in [3.63, 3.8) is 0 Å². The van der Waals surface area contributed by atoms with Crippen molar-refractivity contribution < 1.29 is 18.7 Å². The number of methoxy groups -OCH3 is 2. The third-order valence-electron chi connectivity index (χ3n) is 5.48. The molecule has 1 amide bonds. The Bertz CT molecular complexity index is 836. The third-order valence-corrected chi connectivity index (χ3v) is 5.48. The highest BCUT2D eigenvalue weighted by molar-refractivity contribution is 5.78. The molecule has 0 atom stereocenters. The molecule has 1 aliphatic rings. The third kappa shape index (κ3) is 5.42. The summed E-state index contributed by atoms with van der Waals surface area (Å²) in [6.07, 6.45) is 0. The van der Waals surface area contributed by atoms with Crippen molar-refractivity contribution >= 4 is 11.6 Å². The van der Waals surface area contributed by atoms with Crippen molar-refractivity contribution in [3.8, 4) is 11.5 Å². The van der Waals surface area contributed by atoms with Gasteiger partial charge in [0.05, 0.1) is 20.8 Å². The molecule has 1 saturated heterocycles. The van der Waals surface area contributed by atoms with E-state index in [2.05, 4.69) is 16.7 Å². The molecule has 0 aliphatic carbocycles. The summed E-state index contributed by atoms with van der Waals surface area (Å²) in [6, 6.07) is 12.4. The molecule has 6 nitrogen and oxygen atoms in total. The van der Waals surface area contributed by atoms with Gasteiger partial charge < -0.3 is 19.3 Å². The second-order valence-electron chi connectivity index (χ2n) is 7.34. The fourth-order valence-corrected chi connectivity index (χ4v) is 3.67. The molecule has 1 heterocycles. The van der Waals surface area contributed by atoms with Crippen LogP contribution >= 0.6 is 0 Å². The number of nitrogens with zero attached hydrogens (tertiary/aromatic N) is 3. The van der Waals surface area contributed by atoms with Gasteiger partial charge in [0.25, 0.3) is 0 Å². The van der Waals surface area contributed by atoms with Crippen molar-refractivity contribution in [1.29, 1.82) is 0 Å². The SMILES string of the molecule is CCN(CC(=O)N1CCN(c2ccc(F)cc2)CC1)Cc1ccc(OC)c(OC)c1. The Hall–Kier alpha value is -2.80. The zero-order chi connectivity index (χ0) is 21.5. The van der Waals surface area contributed by atoms with Gasteiger partial charge in [-0.3, -0.25) is 9.69 Å². The number of piperazine rings is 1. The van der Waals surface area contributed by atoms with Gasteiger partial charge in [0.1, 0.15) is 5.82 Å². The van der Waals surface area contributed by atoms with Gasteiger partial charge in [-0.15, -0.1) is 0 Å². The number of ether oxygens (including phenoxy) is 2. The van der Waals surface area contributed by atoms with Gasteiger partial charge in [0.15, 0.2) is 11.5 Å². The summed E-state index contributed by atoms with van der Waals surface area (Å²) in [5.74, 6) is 1.28. The zero-order valence-corrected chi connectivity index (χ0v) is 17.9. The molecule has 162 valence electrons. The van der Waals surface area contributed by atoms with Gasteiger partial charge >= 0.3 is 0 Å². The summed E-state index contributed by atoms with van der Waals surface area (Å²) in [4.78, 5) is 19.1. The first-order chi connectivity index (χ1) is 14.5. The van der Waals surface area contributed by atoms with Crippen LogP contribution in [0.5, 0.6) is 11.5 Å². The first kappa shape index (κ1) is 21.9. The van der Waals surface area contributed by atoms with E-state index < -0.39 is 0 Å². The first-order valence-electron chi connectivity index (χ1n) is 10.3. The fourth-order valence-electron chi connectivity index (χ4n) is 3.67. The molecular formula is C23H30FN3O3. The predicted molar refractivity (Wildman–Crippen MR) is 116 cm³/mol. The number of amides is 1. The Morgan fingerprint density at radius 3 is 2.27 bits per heavy atom. The monoisotopic (exact) mass is 415 g/mol. The number of carbonyl (C=O) groups excluding carboxylic acids is 1. The van der Waals surface area contributed by atoms with Gasteiger partial charge in [0, 0.05) is 38.4 Å². The number of likely N-dealkylation sites (N-methyl/N-ethyl adjacent to an activating group) is 1. The average molecular weight is 416 g/mol. The van der Waals surface area contributed by atoms with Crippen LogP contribution in [-0.4, -0.2) is 69.2 Å². The standard InChI is InChI=1S/C23H30FN3O3/c1-4-25(16-18-5-10-21(29-2)22(15-18)30-3)17-23(28)27-13-11-26(12-14-27)20-8-6-19(24)7-9-20/h5-10,15H,4,11-14,16-17H2,1-3H3. The maximum atomic E-state index is 13.1. The Kier molecular flexibility index (Phi) is 7.52. The minimum absolute atomic E-state index is 0.135. The van der Waals surface area contributed by atoms with E-state index in [-0.39, 0.29) is 11.7 Å². The summed E-state index contributed by atoms with van der Waals surface area (Å²) in [6.45, 7) is 6.71. The summed E-state index contributed by atoms with van der Waals surface area (Å²) < 4.78 is 23.8. The molecule has 0 unspecified atom stereocenters. The molecule has 2 aromatic carbocycles. The molecule has 0 N–H and O–H groups in total. The number of benzene rings is 2. The first-order valence-corrected chi connectivity index (χ1v) is 10.3. The normalized spacial score (nSPS) is 14.2. The molecule has 0 aromatic heterocycles. The number of rotatable bonds is 8. The quantitative estimate of drug-likeness (QED) is 0.663. The number of halogens is 1. The Morgan fingerprint density at radius 2 is 1.67 bits per heavy atom. The lowest BCUT2D eigenvalue weighted by Crippen LogP contribution is -2.51. The molecule has 7 heteroatoms. The van der Waals surface area contributed by atoms with Crippen LogP contribution in [0, 0.1) is 5.82 Å². The molecule has 1 aliphatic heterocycles. The molecule has 0 radical (unpaired) electrons. The van der Waals surface area contributed by atoms with E-state index in [0.29, 0.717) is 37.7 Å². The maximum absolute atomic E-state index is 13.1. The lowest BCUT2D eigenvalue weighted by Gasteiger charge is -2.37. The van der Waals surface area contributed by atoms with E-state index in [1.54, 1.807) is 26.4 Å². The highest BCUT2D eigenvalue weighted by Gasteiger charge is 2.23. The molecule has 0 saturated carbocycles. The number of hydrogen-bond acceptors (Lipinski definition) is 5. The number of anilines is 1. The predicted octanol–water partition coefficient (Wildman–Crippen LogP) is 3.01. The van der Waals surface area contributed by atoms with Gasteiger partial charge in [-0.2, -0.15) is 0 Å². The van der Waals surface area contributed by atoms with Crippen molar-refractivity contribution in [2.45, 2.75) is 13.5 Å². The van der Waals surface area contributed by atoms with Crippen LogP contribution in [0.1, 0.15) is 12.5 Å². The minimum atomic E-state index is -0.235. The molecular weight excluding hydrogens is 385 g/mol. The lowest BCUT2D eigenvalue weighted by molar-refractivity contribution is -0.132. The molecule has 1 fully saturated rings. The van der Waals surface area contributed by atoms with Crippen molar-refractivity contribution in [2.24, 2.45) is 0 Å². The van der Waals surface area contributed by atoms with E-state index in [1.165, 1.54) is 12.1 Å². The summed E-state index contributed by atoms with van der Waals surface area (Å²) in [5.41, 5.74) is 2.07. The summed E-state index contributed by atoms with van der Waals surface area (Å²) >= 11 is 0. The topological polar surface area (TPSA) is 45.3 Å². The molecule has 2 aromatic rings. The van der Waals surface area contributed by atoms with E-state index in [9.17, 15) is 9.18 Å². The largest absolute Gasteiger partial charge is 0.493 e. The van der Waals surface area contributed by atoms with E-state index >= 15 is 0 Å². The number of carbonyl (C=O) groups is 1. The number of hydrogen-bond donors (Lipinski definition) is 0. The van der Waals surface area contributed by atoms with Crippen LogP contribution < -0.4 is 14.4 Å². The Morgan fingerprint density at radius 1 is 1.00 bits per heavy atom. The fraction of sp³-hybridized carbons (Fsp3) is 0.435. The molecule has 0 spiro atoms. The van der Waals surface area contributed by atoms with Gasteiger partial charge in [-0.05, 0) is 48.5 Å². The van der Waals surface area contributed by atoms with Crippen LogP contribution in [0.15, 0.2) is 42.5 Å². The second kappa shape index (κ2) is 10.3. The average Bonchev–Trinajstić information content (AvgIpc) is 2.79. The highest BCUT2D eigenvalue weighted by Crippen LogP contribution is 2.28. The summed E-state index contributed by atoms with van der Waals surface area (Å²) in [5, 5.41) is 0. The maximum Gasteiger partial charge on any atom is 0.236 e. The highest BCUT2D eigenvalue weighted by atomic mass is 19.1. The van der Waals surface area contributed by atoms with Crippen LogP contribution in [0.4, 0.5) is 10.1 Å². The molecule has 30 heavy (non-hydrogen) atoms. The minimum Gasteiger partial charge on any atom is -0.493 e. The van der Waals surface area contributed by atoms with Crippen LogP contribution in [0.25, 0.3) is 0 Å². The van der Waals surface area contributed by atoms with Gasteiger partial charge in [-0.1, -0.05) is 13.0 Å².